The van der Waals surface area contributed by atoms with E-state index in [-0.39, 0.29) is 0 Å². The Kier molecular flexibility index (Phi) is 4.26. The number of rotatable bonds is 6. The molecule has 1 aromatic carbocycles. The van der Waals surface area contributed by atoms with Crippen molar-refractivity contribution in [2.75, 3.05) is 17.7 Å². The summed E-state index contributed by atoms with van der Waals surface area (Å²) in [4.78, 5) is 8.04. The second kappa shape index (κ2) is 5.98. The number of ether oxygens (including phenoxy) is 1. The summed E-state index contributed by atoms with van der Waals surface area (Å²) in [5, 5.41) is 2.11. The molecule has 1 N–H and O–H groups in total. The minimum atomic E-state index is 0.486. The Bertz CT molecular complexity index is 589. The molecular weight excluding hydrogens is 336 g/mol. The highest BCUT2D eigenvalue weighted by atomic mass is 79.9. The van der Waals surface area contributed by atoms with E-state index in [2.05, 4.69) is 25.9 Å². The second-order valence-corrected chi connectivity index (χ2v) is 6.95. The molecule has 1 aliphatic rings. The maximum atomic E-state index is 5.52. The average Bonchev–Trinajstić information content (AvgIpc) is 2.80. The molecule has 1 aromatic heterocycles. The molecule has 1 aliphatic carbocycles. The summed E-state index contributed by atoms with van der Waals surface area (Å²) in [5.74, 6) is 2.03. The lowest BCUT2D eigenvalue weighted by molar-refractivity contribution is 0.206. The third-order valence-corrected chi connectivity index (χ3v) is 6.37. The molecule has 1 saturated carbocycles. The normalized spacial score (nSPS) is 17.1. The molecule has 1 fully saturated rings. The first-order valence-electron chi connectivity index (χ1n) is 7.06. The van der Waals surface area contributed by atoms with Crippen molar-refractivity contribution in [3.05, 3.63) is 18.2 Å². The maximum Gasteiger partial charge on any atom is 0.166 e. The van der Waals surface area contributed by atoms with Crippen LogP contribution in [0.25, 0.3) is 11.0 Å². The molecule has 0 unspecified atom stereocenters. The summed E-state index contributed by atoms with van der Waals surface area (Å²) < 4.78 is 5.52. The number of aromatic nitrogens is 2. The van der Waals surface area contributed by atoms with Crippen molar-refractivity contribution in [2.45, 2.75) is 31.3 Å². The molecule has 0 amide bonds. The minimum Gasteiger partial charge on any atom is -0.494 e. The highest BCUT2D eigenvalue weighted by molar-refractivity contribution is 9.09. The van der Waals surface area contributed by atoms with Crippen LogP contribution in [0.3, 0.4) is 0 Å². The summed E-state index contributed by atoms with van der Waals surface area (Å²) in [6.07, 6.45) is 4.03. The number of benzene rings is 1. The van der Waals surface area contributed by atoms with Crippen LogP contribution in [0.1, 0.15) is 26.2 Å². The fraction of sp³-hybridized carbons (Fsp3) is 0.533. The zero-order valence-electron chi connectivity index (χ0n) is 11.6. The zero-order chi connectivity index (χ0) is 14.0. The summed E-state index contributed by atoms with van der Waals surface area (Å²) in [5.41, 5.74) is 2.55. The van der Waals surface area contributed by atoms with Gasteiger partial charge in [0.05, 0.1) is 17.6 Å². The lowest BCUT2D eigenvalue weighted by Crippen LogP contribution is -2.33. The van der Waals surface area contributed by atoms with E-state index in [0.29, 0.717) is 12.0 Å². The number of H-pyrrole nitrogens is 1. The van der Waals surface area contributed by atoms with E-state index in [9.17, 15) is 0 Å². The van der Waals surface area contributed by atoms with Crippen LogP contribution >= 0.6 is 27.7 Å². The lowest BCUT2D eigenvalue weighted by Gasteiger charge is -2.40. The molecular formula is C15H19BrN2OS. The minimum absolute atomic E-state index is 0.486. The number of hydrogen-bond acceptors (Lipinski definition) is 3. The largest absolute Gasteiger partial charge is 0.494 e. The Morgan fingerprint density at radius 2 is 2.30 bits per heavy atom. The van der Waals surface area contributed by atoms with Gasteiger partial charge < -0.3 is 9.72 Å². The number of fused-ring (bicyclic) bond motifs is 1. The van der Waals surface area contributed by atoms with E-state index < -0.39 is 0 Å². The van der Waals surface area contributed by atoms with Gasteiger partial charge in [0, 0.05) is 17.1 Å². The zero-order valence-corrected chi connectivity index (χ0v) is 14.0. The van der Waals surface area contributed by atoms with Crippen molar-refractivity contribution < 1.29 is 4.74 Å². The first-order valence-corrected chi connectivity index (χ1v) is 9.17. The summed E-state index contributed by atoms with van der Waals surface area (Å²) in [6.45, 7) is 2.69. The van der Waals surface area contributed by atoms with E-state index in [4.69, 9.17) is 4.74 Å². The van der Waals surface area contributed by atoms with Crippen LogP contribution in [0.5, 0.6) is 5.75 Å². The molecule has 1 heterocycles. The van der Waals surface area contributed by atoms with Crippen molar-refractivity contribution in [3.8, 4) is 5.75 Å². The Hall–Kier alpha value is -0.680. The van der Waals surface area contributed by atoms with Gasteiger partial charge in [-0.05, 0) is 37.3 Å². The Morgan fingerprint density at radius 1 is 1.45 bits per heavy atom. The van der Waals surface area contributed by atoms with E-state index in [1.807, 2.05) is 36.9 Å². The number of halogens is 1. The summed E-state index contributed by atoms with van der Waals surface area (Å²) >= 11 is 5.49. The van der Waals surface area contributed by atoms with Crippen LogP contribution < -0.4 is 4.74 Å². The third-order valence-electron chi connectivity index (χ3n) is 3.96. The highest BCUT2D eigenvalue weighted by Gasteiger charge is 2.35. The molecule has 3 rings (SSSR count). The first-order chi connectivity index (χ1) is 9.74. The molecule has 2 aromatic rings. The Labute approximate surface area is 132 Å². The second-order valence-electron chi connectivity index (χ2n) is 5.43. The molecule has 0 aliphatic heterocycles. The van der Waals surface area contributed by atoms with Crippen LogP contribution in [0, 0.1) is 5.41 Å². The maximum absolute atomic E-state index is 5.52. The fourth-order valence-corrected chi connectivity index (χ4v) is 4.71. The van der Waals surface area contributed by atoms with Gasteiger partial charge >= 0.3 is 0 Å². The predicted molar refractivity (Wildman–Crippen MR) is 88.1 cm³/mol. The predicted octanol–water partition coefficient (Wildman–Crippen LogP) is 4.62. The van der Waals surface area contributed by atoms with E-state index >= 15 is 0 Å². The van der Waals surface area contributed by atoms with Gasteiger partial charge in [-0.15, -0.1) is 0 Å². The number of alkyl halides is 1. The van der Waals surface area contributed by atoms with Gasteiger partial charge in [0.1, 0.15) is 5.75 Å². The number of hydrogen-bond donors (Lipinski definition) is 1. The number of imidazole rings is 1. The van der Waals surface area contributed by atoms with Crippen LogP contribution in [0.4, 0.5) is 0 Å². The van der Waals surface area contributed by atoms with E-state index in [1.54, 1.807) is 0 Å². The molecule has 3 nitrogen and oxygen atoms in total. The number of nitrogens with zero attached hydrogens (tertiary/aromatic N) is 1. The molecule has 0 spiro atoms. The van der Waals surface area contributed by atoms with Gasteiger partial charge in [-0.3, -0.25) is 0 Å². The molecule has 0 atom stereocenters. The lowest BCUT2D eigenvalue weighted by atomic mass is 9.72. The van der Waals surface area contributed by atoms with Crippen LogP contribution in [0.2, 0.25) is 0 Å². The van der Waals surface area contributed by atoms with Gasteiger partial charge in [0.2, 0.25) is 0 Å². The van der Waals surface area contributed by atoms with Crippen LogP contribution in [-0.2, 0) is 0 Å². The van der Waals surface area contributed by atoms with Crippen LogP contribution in [-0.4, -0.2) is 27.7 Å². The quantitative estimate of drug-likeness (QED) is 0.607. The molecule has 0 bridgehead atoms. The van der Waals surface area contributed by atoms with Crippen molar-refractivity contribution in [3.63, 3.8) is 0 Å². The Morgan fingerprint density at radius 3 is 2.95 bits per heavy atom. The number of aromatic amines is 1. The Balaban J connectivity index is 1.72. The molecule has 5 heteroatoms. The average molecular weight is 355 g/mol. The van der Waals surface area contributed by atoms with Gasteiger partial charge in [-0.2, -0.15) is 0 Å². The van der Waals surface area contributed by atoms with Crippen molar-refractivity contribution >= 4 is 38.7 Å². The van der Waals surface area contributed by atoms with E-state index in [0.717, 1.165) is 33.0 Å². The SMILES string of the molecule is CCOc1ccc2nc(SCC3(CBr)CCC3)[nH]c2c1. The van der Waals surface area contributed by atoms with Crippen molar-refractivity contribution in [1.82, 2.24) is 9.97 Å². The highest BCUT2D eigenvalue weighted by Crippen LogP contribution is 2.45. The van der Waals surface area contributed by atoms with Crippen molar-refractivity contribution in [2.24, 2.45) is 5.41 Å². The van der Waals surface area contributed by atoms with Crippen molar-refractivity contribution in [1.29, 1.82) is 0 Å². The molecule has 0 radical (unpaired) electrons. The van der Waals surface area contributed by atoms with Gasteiger partial charge in [-0.25, -0.2) is 4.98 Å². The van der Waals surface area contributed by atoms with Gasteiger partial charge in [0.15, 0.2) is 5.16 Å². The number of nitrogens with one attached hydrogen (secondary N) is 1. The van der Waals surface area contributed by atoms with Gasteiger partial charge in [-0.1, -0.05) is 34.1 Å². The van der Waals surface area contributed by atoms with E-state index in [1.165, 1.54) is 19.3 Å². The fourth-order valence-electron chi connectivity index (χ4n) is 2.50. The molecule has 20 heavy (non-hydrogen) atoms. The smallest absolute Gasteiger partial charge is 0.166 e. The molecule has 108 valence electrons. The summed E-state index contributed by atoms with van der Waals surface area (Å²) in [7, 11) is 0. The monoisotopic (exact) mass is 354 g/mol. The molecule has 0 saturated heterocycles. The summed E-state index contributed by atoms with van der Waals surface area (Å²) in [6, 6.07) is 6.02. The topological polar surface area (TPSA) is 37.9 Å². The van der Waals surface area contributed by atoms with Crippen LogP contribution in [0.15, 0.2) is 23.4 Å². The standard InChI is InChI=1S/C15H19BrN2OS/c1-2-19-11-4-5-12-13(8-11)18-14(17-12)20-10-15(9-16)6-3-7-15/h4-5,8H,2-3,6-7,9-10H2,1H3,(H,17,18). The van der Waals surface area contributed by atoms with Gasteiger partial charge in [0.25, 0.3) is 0 Å². The number of thioether (sulfide) groups is 1. The third kappa shape index (κ3) is 2.84. The first kappa shape index (κ1) is 14.3.